The molecule has 9 N–H and O–H groups in total. The summed E-state index contributed by atoms with van der Waals surface area (Å²) in [6.07, 6.45) is 2.39. The summed E-state index contributed by atoms with van der Waals surface area (Å²) in [4.78, 5) is 24.8. The molecule has 13 heteroatoms. The zero-order valence-electron chi connectivity index (χ0n) is 26.8. The Morgan fingerprint density at radius 1 is 1.18 bits per heavy atom. The molecule has 1 heterocycles. The van der Waals surface area contributed by atoms with Crippen LogP contribution in [0.15, 0.2) is 41.5 Å². The van der Waals surface area contributed by atoms with Crippen LogP contribution < -0.4 is 16.4 Å². The Hall–Kier alpha value is -3.62. The molecule has 0 radical (unpaired) electrons. The number of aliphatic hydroxyl groups is 3. The first-order valence-corrected chi connectivity index (χ1v) is 14.9. The quantitative estimate of drug-likeness (QED) is 0.124. The Kier molecular flexibility index (Phi) is 14.8. The number of fused-ring (bicyclic) bond motifs is 2. The van der Waals surface area contributed by atoms with E-state index in [9.17, 15) is 35.1 Å². The average molecular weight is 636 g/mol. The number of amides is 2. The highest BCUT2D eigenvalue weighted by atomic mass is 16.6. The highest BCUT2D eigenvalue weighted by molar-refractivity contribution is 6.04. The van der Waals surface area contributed by atoms with Gasteiger partial charge in [-0.2, -0.15) is 0 Å². The maximum atomic E-state index is 13.0. The van der Waals surface area contributed by atoms with Crippen molar-refractivity contribution in [3.63, 3.8) is 0 Å². The second kappa shape index (κ2) is 17.8. The molecule has 1 aliphatic rings. The van der Waals surface area contributed by atoms with Crippen molar-refractivity contribution in [2.75, 3.05) is 38.0 Å². The number of anilines is 2. The molecule has 7 atom stereocenters. The summed E-state index contributed by atoms with van der Waals surface area (Å²) in [5.41, 5.74) is 6.65. The van der Waals surface area contributed by atoms with Gasteiger partial charge in [-0.3, -0.25) is 4.79 Å². The fourth-order valence-electron chi connectivity index (χ4n) is 5.20. The Morgan fingerprint density at radius 3 is 2.47 bits per heavy atom. The number of phenolic OH excluding ortho intramolecular Hbond substituents is 2. The second-order valence-corrected chi connectivity index (χ2v) is 11.6. The third-order valence-corrected chi connectivity index (χ3v) is 7.83. The standard InChI is InChI=1S/C32H49N3O10/c1-17-10-23-28(34-15-21(37)16-36)25(38)14-24(30(23)40)35-31(41)18(2)8-7-9-22(43-5)13-26(45-32(33)42)19(3)12-20(4)29(39)27(11-17)44-6/h7-9,12,14,17,20-22,26-27,29,34,36-40H,10-11,13,15-16H2,1-6H3,(H2,33,42)(H,35,41)/t17-,20+,21?,22+,26-,27+,29-/m1/s1. The van der Waals surface area contributed by atoms with E-state index < -0.39 is 55.0 Å². The monoisotopic (exact) mass is 635 g/mol. The van der Waals surface area contributed by atoms with Crippen LogP contribution in [0.25, 0.3) is 0 Å². The number of phenols is 2. The molecule has 0 saturated heterocycles. The van der Waals surface area contributed by atoms with Crippen LogP contribution in [0.3, 0.4) is 0 Å². The minimum atomic E-state index is -1.12. The Bertz CT molecular complexity index is 1250. The zero-order chi connectivity index (χ0) is 33.8. The van der Waals surface area contributed by atoms with Gasteiger partial charge in [-0.15, -0.1) is 0 Å². The van der Waals surface area contributed by atoms with Crippen LogP contribution in [-0.2, 0) is 25.4 Å². The van der Waals surface area contributed by atoms with Crippen molar-refractivity contribution in [2.24, 2.45) is 17.6 Å². The van der Waals surface area contributed by atoms with E-state index in [-0.39, 0.29) is 59.3 Å². The molecule has 2 bridgehead atoms. The summed E-state index contributed by atoms with van der Waals surface area (Å²) in [5.74, 6) is -1.77. The second-order valence-electron chi connectivity index (χ2n) is 11.6. The molecule has 252 valence electrons. The normalized spacial score (nSPS) is 26.2. The van der Waals surface area contributed by atoms with E-state index >= 15 is 0 Å². The lowest BCUT2D eigenvalue weighted by Gasteiger charge is -2.29. The largest absolute Gasteiger partial charge is 0.506 e. The third-order valence-electron chi connectivity index (χ3n) is 7.83. The van der Waals surface area contributed by atoms with Crippen molar-refractivity contribution in [2.45, 2.75) is 77.5 Å². The van der Waals surface area contributed by atoms with E-state index in [2.05, 4.69) is 10.6 Å². The van der Waals surface area contributed by atoms with Crippen molar-refractivity contribution >= 4 is 23.4 Å². The van der Waals surface area contributed by atoms with Crippen LogP contribution in [0.1, 0.15) is 46.1 Å². The molecular formula is C32H49N3O10. The number of nitrogens with one attached hydrogen (secondary N) is 2. The lowest BCUT2D eigenvalue weighted by Crippen LogP contribution is -2.35. The van der Waals surface area contributed by atoms with Crippen LogP contribution in [0.5, 0.6) is 11.5 Å². The summed E-state index contributed by atoms with van der Waals surface area (Å²) in [6, 6.07) is 1.20. The first kappa shape index (κ1) is 37.6. The lowest BCUT2D eigenvalue weighted by molar-refractivity contribution is -0.112. The van der Waals surface area contributed by atoms with Crippen molar-refractivity contribution < 1.29 is 49.3 Å². The average Bonchev–Trinajstić information content (AvgIpc) is 2.99. The van der Waals surface area contributed by atoms with Crippen molar-refractivity contribution in [3.8, 4) is 11.5 Å². The van der Waals surface area contributed by atoms with E-state index in [0.29, 0.717) is 12.0 Å². The molecule has 1 aromatic rings. The predicted molar refractivity (Wildman–Crippen MR) is 170 cm³/mol. The summed E-state index contributed by atoms with van der Waals surface area (Å²) < 4.78 is 16.6. The summed E-state index contributed by atoms with van der Waals surface area (Å²) in [6.45, 7) is 6.40. The molecular weight excluding hydrogens is 586 g/mol. The maximum absolute atomic E-state index is 13.0. The molecule has 0 spiro atoms. The number of primary amides is 1. The molecule has 0 aliphatic carbocycles. The number of ether oxygens (including phenoxy) is 3. The van der Waals surface area contributed by atoms with Crippen LogP contribution in [0.2, 0.25) is 0 Å². The number of allylic oxidation sites excluding steroid dienone is 2. The van der Waals surface area contributed by atoms with Crippen LogP contribution in [0, 0.1) is 11.8 Å². The molecule has 45 heavy (non-hydrogen) atoms. The zero-order valence-corrected chi connectivity index (χ0v) is 26.8. The van der Waals surface area contributed by atoms with Gasteiger partial charge < -0.3 is 56.1 Å². The molecule has 1 aliphatic heterocycles. The van der Waals surface area contributed by atoms with Gasteiger partial charge in [-0.1, -0.05) is 38.2 Å². The van der Waals surface area contributed by atoms with Crippen LogP contribution in [-0.4, -0.2) is 95.4 Å². The van der Waals surface area contributed by atoms with Gasteiger partial charge in [0.2, 0.25) is 0 Å². The van der Waals surface area contributed by atoms with Crippen LogP contribution in [0.4, 0.5) is 16.2 Å². The van der Waals surface area contributed by atoms with E-state index in [0.717, 1.165) is 0 Å². The Morgan fingerprint density at radius 2 is 1.87 bits per heavy atom. The minimum absolute atomic E-state index is 0.0298. The minimum Gasteiger partial charge on any atom is -0.506 e. The fraction of sp³-hybridized carbons (Fsp3) is 0.562. The van der Waals surface area contributed by atoms with Crippen molar-refractivity contribution in [1.29, 1.82) is 0 Å². The molecule has 1 aromatic carbocycles. The predicted octanol–water partition coefficient (Wildman–Crippen LogP) is 2.71. The number of aliphatic hydroxyl groups excluding tert-OH is 3. The maximum Gasteiger partial charge on any atom is 0.405 e. The number of hydrogen-bond donors (Lipinski definition) is 8. The lowest BCUT2D eigenvalue weighted by atomic mass is 9.87. The fourth-order valence-corrected chi connectivity index (χ4v) is 5.20. The Balaban J connectivity index is 2.63. The molecule has 2 amide bonds. The van der Waals surface area contributed by atoms with Gasteiger partial charge in [-0.25, -0.2) is 4.79 Å². The van der Waals surface area contributed by atoms with Gasteiger partial charge in [0, 0.05) is 50.3 Å². The summed E-state index contributed by atoms with van der Waals surface area (Å²) in [5, 5.41) is 58.1. The van der Waals surface area contributed by atoms with Gasteiger partial charge in [0.05, 0.1) is 42.4 Å². The number of aromatic hydroxyl groups is 2. The highest BCUT2D eigenvalue weighted by Gasteiger charge is 2.29. The van der Waals surface area contributed by atoms with Crippen molar-refractivity contribution in [3.05, 3.63) is 47.1 Å². The van der Waals surface area contributed by atoms with Crippen molar-refractivity contribution in [1.82, 2.24) is 0 Å². The van der Waals surface area contributed by atoms with Gasteiger partial charge in [0.25, 0.3) is 5.91 Å². The molecule has 0 aromatic heterocycles. The number of nitrogens with two attached hydrogens (primary N) is 1. The topological polar surface area (TPSA) is 213 Å². The van der Waals surface area contributed by atoms with Crippen LogP contribution >= 0.6 is 0 Å². The third kappa shape index (κ3) is 11.0. The molecule has 2 rings (SSSR count). The number of carbonyl (C=O) groups is 2. The smallest absolute Gasteiger partial charge is 0.405 e. The van der Waals surface area contributed by atoms with E-state index in [1.54, 1.807) is 38.2 Å². The molecule has 0 saturated carbocycles. The van der Waals surface area contributed by atoms with Gasteiger partial charge in [-0.05, 0) is 38.2 Å². The number of carbonyl (C=O) groups excluding carboxylic acids is 2. The number of methoxy groups -OCH3 is 2. The first-order chi connectivity index (χ1) is 21.2. The van der Waals surface area contributed by atoms with Gasteiger partial charge in [0.15, 0.2) is 0 Å². The number of benzene rings is 1. The summed E-state index contributed by atoms with van der Waals surface area (Å²) in [7, 11) is 2.97. The van der Waals surface area contributed by atoms with Gasteiger partial charge >= 0.3 is 6.09 Å². The highest BCUT2D eigenvalue weighted by Crippen LogP contribution is 2.42. The molecule has 1 unspecified atom stereocenters. The summed E-state index contributed by atoms with van der Waals surface area (Å²) >= 11 is 0. The van der Waals surface area contributed by atoms with E-state index in [1.165, 1.54) is 20.3 Å². The molecule has 0 fully saturated rings. The molecule has 13 nitrogen and oxygen atoms in total. The van der Waals surface area contributed by atoms with E-state index in [4.69, 9.17) is 19.9 Å². The van der Waals surface area contributed by atoms with E-state index in [1.807, 2.05) is 13.8 Å². The number of hydrogen-bond acceptors (Lipinski definition) is 11. The Labute approximate surface area is 264 Å². The van der Waals surface area contributed by atoms with Gasteiger partial charge in [0.1, 0.15) is 17.6 Å². The number of rotatable bonds is 7. The SMILES string of the molecule is CO[C@H]1C[C@H](C)Cc2c(O)c(cc(O)c2NCC(O)CO)NC(=O)C(C)=CC=C[C@H](OC)C[C@@H](OC(N)=O)C(C)=C[C@H](C)[C@H]1O. The first-order valence-electron chi connectivity index (χ1n) is 14.9.